The maximum Gasteiger partial charge on any atom is 0.0261 e. The van der Waals surface area contributed by atoms with Crippen molar-refractivity contribution in [2.45, 2.75) is 6.42 Å². The van der Waals surface area contributed by atoms with Gasteiger partial charge in [0.2, 0.25) is 0 Å². The van der Waals surface area contributed by atoms with Gasteiger partial charge in [0.1, 0.15) is 0 Å². The van der Waals surface area contributed by atoms with Crippen molar-refractivity contribution in [1.29, 1.82) is 0 Å². The van der Waals surface area contributed by atoms with Crippen molar-refractivity contribution >= 4 is 0 Å². The minimum Gasteiger partial charge on any atom is -0.304 e. The molecule has 0 aliphatic carbocycles. The molecule has 0 aromatic carbocycles. The molecule has 2 fully saturated rings. The maximum atomic E-state index is 4.38. The predicted octanol–water partition coefficient (Wildman–Crippen LogP) is -0.456. The lowest BCUT2D eigenvalue weighted by atomic mass is 10.2. The Morgan fingerprint density at radius 2 is 1.38 bits per heavy atom. The minimum absolute atomic E-state index is 1.05. The monoisotopic (exact) mass is 225 g/mol. The molecular weight excluding hydrogens is 200 g/mol. The van der Waals surface area contributed by atoms with E-state index in [-0.39, 0.29) is 0 Å². The van der Waals surface area contributed by atoms with Crippen LogP contribution >= 0.6 is 0 Å². The van der Waals surface area contributed by atoms with Crippen molar-refractivity contribution in [2.75, 3.05) is 72.5 Å². The van der Waals surface area contributed by atoms with E-state index < -0.39 is 0 Å². The number of hydrogen-bond donors (Lipinski definition) is 0. The first kappa shape index (κ1) is 12.3. The molecule has 0 unspecified atom stereocenters. The van der Waals surface area contributed by atoms with E-state index in [0.29, 0.717) is 0 Å². The second-order valence-electron chi connectivity index (χ2n) is 5.01. The van der Waals surface area contributed by atoms with Gasteiger partial charge in [-0.25, -0.2) is 5.32 Å². The third-order valence-electron chi connectivity index (χ3n) is 3.69. The second-order valence-corrected chi connectivity index (χ2v) is 5.01. The molecular formula is C12H25N4. The number of likely N-dealkylation sites (N-methyl/N-ethyl adjacent to an activating group) is 1. The largest absolute Gasteiger partial charge is 0.304 e. The molecule has 0 aromatic heterocycles. The number of rotatable bonds is 4. The summed E-state index contributed by atoms with van der Waals surface area (Å²) >= 11 is 0. The van der Waals surface area contributed by atoms with Gasteiger partial charge in [-0.15, -0.1) is 0 Å². The topological polar surface area (TPSA) is 23.8 Å². The molecule has 0 bridgehead atoms. The quantitative estimate of drug-likeness (QED) is 0.647. The SMILES string of the molecule is CN1CCN(CCCN2CC[N]CC2)CC1. The Morgan fingerprint density at radius 1 is 0.812 bits per heavy atom. The lowest BCUT2D eigenvalue weighted by Crippen LogP contribution is -2.46. The summed E-state index contributed by atoms with van der Waals surface area (Å²) in [5.74, 6) is 0. The van der Waals surface area contributed by atoms with E-state index >= 15 is 0 Å². The molecule has 4 heteroatoms. The van der Waals surface area contributed by atoms with Crippen LogP contribution in [-0.2, 0) is 0 Å². The summed E-state index contributed by atoms with van der Waals surface area (Å²) in [5.41, 5.74) is 0. The van der Waals surface area contributed by atoms with Crippen molar-refractivity contribution in [2.24, 2.45) is 0 Å². The van der Waals surface area contributed by atoms with Crippen LogP contribution in [0.25, 0.3) is 0 Å². The molecule has 16 heavy (non-hydrogen) atoms. The Labute approximate surface area is 99.6 Å². The standard InChI is InChI=1S/C12H25N4/c1-14-9-11-16(12-10-14)6-2-5-15-7-3-13-4-8-15/h2-12H2,1H3. The molecule has 4 nitrogen and oxygen atoms in total. The maximum absolute atomic E-state index is 4.38. The van der Waals surface area contributed by atoms with Crippen LogP contribution in [0.1, 0.15) is 6.42 Å². The average Bonchev–Trinajstić information content (AvgIpc) is 2.33. The van der Waals surface area contributed by atoms with E-state index in [1.807, 2.05) is 0 Å². The molecule has 2 aliphatic heterocycles. The summed E-state index contributed by atoms with van der Waals surface area (Å²) < 4.78 is 0. The highest BCUT2D eigenvalue weighted by atomic mass is 15.2. The van der Waals surface area contributed by atoms with Crippen LogP contribution in [0.15, 0.2) is 0 Å². The van der Waals surface area contributed by atoms with Crippen molar-refractivity contribution in [1.82, 2.24) is 20.0 Å². The van der Waals surface area contributed by atoms with Crippen LogP contribution in [0.3, 0.4) is 0 Å². The van der Waals surface area contributed by atoms with Crippen molar-refractivity contribution < 1.29 is 0 Å². The Bertz CT molecular complexity index is 183. The van der Waals surface area contributed by atoms with Crippen molar-refractivity contribution in [3.05, 3.63) is 0 Å². The normalized spacial score (nSPS) is 26.1. The fraction of sp³-hybridized carbons (Fsp3) is 1.00. The number of piperazine rings is 2. The van der Waals surface area contributed by atoms with Gasteiger partial charge in [0.25, 0.3) is 0 Å². The highest BCUT2D eigenvalue weighted by Gasteiger charge is 2.14. The van der Waals surface area contributed by atoms with Crippen molar-refractivity contribution in [3.8, 4) is 0 Å². The van der Waals surface area contributed by atoms with Crippen LogP contribution in [0, 0.1) is 0 Å². The molecule has 0 saturated carbocycles. The number of hydrogen-bond acceptors (Lipinski definition) is 3. The Morgan fingerprint density at radius 3 is 2.00 bits per heavy atom. The molecule has 93 valence electrons. The molecule has 0 spiro atoms. The zero-order chi connectivity index (χ0) is 11.2. The third-order valence-corrected chi connectivity index (χ3v) is 3.69. The first-order chi connectivity index (χ1) is 7.84. The minimum atomic E-state index is 1.05. The Balaban J connectivity index is 1.53. The van der Waals surface area contributed by atoms with Crippen LogP contribution in [0.2, 0.25) is 0 Å². The fourth-order valence-electron chi connectivity index (χ4n) is 2.46. The first-order valence-corrected chi connectivity index (χ1v) is 6.61. The van der Waals surface area contributed by atoms with Crippen LogP contribution in [-0.4, -0.2) is 87.2 Å². The zero-order valence-electron chi connectivity index (χ0n) is 10.6. The molecule has 0 amide bonds. The van der Waals surface area contributed by atoms with Gasteiger partial charge in [-0.2, -0.15) is 0 Å². The van der Waals surface area contributed by atoms with Gasteiger partial charge in [0, 0.05) is 52.4 Å². The van der Waals surface area contributed by atoms with E-state index in [4.69, 9.17) is 0 Å². The van der Waals surface area contributed by atoms with Gasteiger partial charge in [-0.3, -0.25) is 0 Å². The highest BCUT2D eigenvalue weighted by Crippen LogP contribution is 2.01. The van der Waals surface area contributed by atoms with E-state index in [2.05, 4.69) is 27.1 Å². The molecule has 0 N–H and O–H groups in total. The molecule has 2 saturated heterocycles. The summed E-state index contributed by atoms with van der Waals surface area (Å²) in [6, 6.07) is 0. The summed E-state index contributed by atoms with van der Waals surface area (Å²) in [5, 5.41) is 4.38. The van der Waals surface area contributed by atoms with Crippen LogP contribution in [0.4, 0.5) is 0 Å². The molecule has 1 radical (unpaired) electrons. The van der Waals surface area contributed by atoms with E-state index in [0.717, 1.165) is 13.1 Å². The summed E-state index contributed by atoms with van der Waals surface area (Å²) in [6.45, 7) is 12.0. The van der Waals surface area contributed by atoms with E-state index in [9.17, 15) is 0 Å². The summed E-state index contributed by atoms with van der Waals surface area (Å²) in [7, 11) is 2.22. The average molecular weight is 225 g/mol. The molecule has 2 aliphatic rings. The van der Waals surface area contributed by atoms with Gasteiger partial charge in [0.15, 0.2) is 0 Å². The Kier molecular flexibility index (Phi) is 5.03. The van der Waals surface area contributed by atoms with Crippen LogP contribution in [0.5, 0.6) is 0 Å². The summed E-state index contributed by atoms with van der Waals surface area (Å²) in [6.07, 6.45) is 1.32. The van der Waals surface area contributed by atoms with Gasteiger partial charge in [-0.05, 0) is 26.6 Å². The first-order valence-electron chi connectivity index (χ1n) is 6.61. The highest BCUT2D eigenvalue weighted by molar-refractivity contribution is 4.71. The van der Waals surface area contributed by atoms with Crippen molar-refractivity contribution in [3.63, 3.8) is 0 Å². The van der Waals surface area contributed by atoms with Crippen LogP contribution < -0.4 is 5.32 Å². The lowest BCUT2D eigenvalue weighted by molar-refractivity contribution is 0.144. The second kappa shape index (κ2) is 6.55. The molecule has 0 aromatic rings. The zero-order valence-corrected chi connectivity index (χ0v) is 10.6. The van der Waals surface area contributed by atoms with Gasteiger partial charge in [0.05, 0.1) is 0 Å². The lowest BCUT2D eigenvalue weighted by Gasteiger charge is -2.33. The van der Waals surface area contributed by atoms with Gasteiger partial charge in [-0.1, -0.05) is 0 Å². The smallest absolute Gasteiger partial charge is 0.0261 e. The molecule has 0 atom stereocenters. The molecule has 2 rings (SSSR count). The van der Waals surface area contributed by atoms with E-state index in [1.54, 1.807) is 0 Å². The Hall–Kier alpha value is -0.160. The fourth-order valence-corrected chi connectivity index (χ4v) is 2.46. The van der Waals surface area contributed by atoms with E-state index in [1.165, 1.54) is 58.8 Å². The van der Waals surface area contributed by atoms with Gasteiger partial charge >= 0.3 is 0 Å². The predicted molar refractivity (Wildman–Crippen MR) is 66.9 cm³/mol. The van der Waals surface area contributed by atoms with Gasteiger partial charge < -0.3 is 14.7 Å². The number of nitrogens with zero attached hydrogens (tertiary/aromatic N) is 4. The molecule has 2 heterocycles. The summed E-state index contributed by atoms with van der Waals surface area (Å²) in [4.78, 5) is 7.58. The third kappa shape index (κ3) is 4.01.